The van der Waals surface area contributed by atoms with E-state index in [2.05, 4.69) is 4.72 Å². The average molecular weight is 299 g/mol. The number of hydrogen-bond donors (Lipinski definition) is 2. The lowest BCUT2D eigenvalue weighted by atomic mass is 10.0. The average Bonchev–Trinajstić information content (AvgIpc) is 2.46. The quantitative estimate of drug-likeness (QED) is 0.856. The van der Waals surface area contributed by atoms with Crippen molar-refractivity contribution in [3.63, 3.8) is 0 Å². The van der Waals surface area contributed by atoms with Gasteiger partial charge in [0.15, 0.2) is 0 Å². The molecule has 1 unspecified atom stereocenters. The number of aliphatic hydroxyl groups is 1. The molecule has 5 nitrogen and oxygen atoms in total. The molecule has 1 fully saturated rings. The Morgan fingerprint density at radius 2 is 2.25 bits per heavy atom. The molecular weight excluding hydrogens is 278 g/mol. The molecule has 0 aromatic heterocycles. The van der Waals surface area contributed by atoms with E-state index in [0.717, 1.165) is 25.0 Å². The van der Waals surface area contributed by atoms with E-state index in [4.69, 9.17) is 4.74 Å². The van der Waals surface area contributed by atoms with Gasteiger partial charge in [-0.15, -0.1) is 0 Å². The fraction of sp³-hybridized carbons (Fsp3) is 0.571. The van der Waals surface area contributed by atoms with Gasteiger partial charge in [-0.2, -0.15) is 0 Å². The highest BCUT2D eigenvalue weighted by Gasteiger charge is 2.19. The van der Waals surface area contributed by atoms with E-state index in [9.17, 15) is 13.5 Å². The summed E-state index contributed by atoms with van der Waals surface area (Å²) in [5, 5.41) is 9.21. The van der Waals surface area contributed by atoms with Crippen molar-refractivity contribution in [1.82, 2.24) is 4.72 Å². The molecule has 0 bridgehead atoms. The van der Waals surface area contributed by atoms with Crippen LogP contribution in [0.5, 0.6) is 0 Å². The van der Waals surface area contributed by atoms with Crippen LogP contribution in [0.3, 0.4) is 0 Å². The molecule has 1 aromatic rings. The minimum atomic E-state index is -3.53. The fourth-order valence-electron chi connectivity index (χ4n) is 2.26. The van der Waals surface area contributed by atoms with E-state index in [1.54, 1.807) is 12.1 Å². The Hall–Kier alpha value is -0.950. The van der Waals surface area contributed by atoms with E-state index in [-0.39, 0.29) is 17.4 Å². The highest BCUT2D eigenvalue weighted by Crippen LogP contribution is 2.17. The predicted octanol–water partition coefficient (Wildman–Crippen LogP) is 1.19. The van der Waals surface area contributed by atoms with E-state index in [1.807, 2.05) is 6.92 Å². The number of aryl methyl sites for hydroxylation is 1. The lowest BCUT2D eigenvalue weighted by Gasteiger charge is -2.22. The zero-order chi connectivity index (χ0) is 14.6. The topological polar surface area (TPSA) is 75.6 Å². The predicted molar refractivity (Wildman–Crippen MR) is 75.8 cm³/mol. The Morgan fingerprint density at radius 1 is 1.45 bits per heavy atom. The molecule has 20 heavy (non-hydrogen) atoms. The first kappa shape index (κ1) is 15.4. The van der Waals surface area contributed by atoms with Gasteiger partial charge in [-0.3, -0.25) is 0 Å². The molecule has 0 radical (unpaired) electrons. The second-order valence-electron chi connectivity index (χ2n) is 5.18. The van der Waals surface area contributed by atoms with Crippen molar-refractivity contribution in [2.75, 3.05) is 19.8 Å². The van der Waals surface area contributed by atoms with Crippen molar-refractivity contribution in [2.45, 2.75) is 31.3 Å². The van der Waals surface area contributed by atoms with Gasteiger partial charge >= 0.3 is 0 Å². The first-order valence-electron chi connectivity index (χ1n) is 6.81. The Kier molecular flexibility index (Phi) is 5.15. The van der Waals surface area contributed by atoms with E-state index in [0.29, 0.717) is 18.7 Å². The van der Waals surface area contributed by atoms with Crippen LogP contribution >= 0.6 is 0 Å². The number of hydrogen-bond acceptors (Lipinski definition) is 4. The van der Waals surface area contributed by atoms with Crippen LogP contribution in [-0.2, 0) is 21.4 Å². The van der Waals surface area contributed by atoms with Crippen LogP contribution in [0.15, 0.2) is 23.1 Å². The summed E-state index contributed by atoms with van der Waals surface area (Å²) < 4.78 is 32.4. The van der Waals surface area contributed by atoms with E-state index < -0.39 is 10.0 Å². The Balaban J connectivity index is 2.05. The zero-order valence-corrected chi connectivity index (χ0v) is 12.4. The van der Waals surface area contributed by atoms with Gasteiger partial charge in [0.1, 0.15) is 0 Å². The normalized spacial score (nSPS) is 20.0. The molecule has 0 amide bonds. The minimum absolute atomic E-state index is 0.161. The van der Waals surface area contributed by atoms with Crippen LogP contribution < -0.4 is 4.72 Å². The highest BCUT2D eigenvalue weighted by atomic mass is 32.2. The summed E-state index contributed by atoms with van der Waals surface area (Å²) in [5.74, 6) is 0.237. The standard InChI is InChI=1S/C14H21NO4S/c1-11-4-5-14(7-13(11)9-16)20(17,18)15-8-12-3-2-6-19-10-12/h4-5,7,12,15-16H,2-3,6,8-10H2,1H3. The van der Waals surface area contributed by atoms with E-state index >= 15 is 0 Å². The second kappa shape index (κ2) is 6.67. The molecule has 0 aliphatic carbocycles. The zero-order valence-electron chi connectivity index (χ0n) is 11.6. The first-order chi connectivity index (χ1) is 9.53. The summed E-state index contributed by atoms with van der Waals surface area (Å²) in [7, 11) is -3.53. The number of rotatable bonds is 5. The third-order valence-corrected chi connectivity index (χ3v) is 5.04. The van der Waals surface area contributed by atoms with Crippen molar-refractivity contribution in [3.8, 4) is 0 Å². The molecule has 1 saturated heterocycles. The molecule has 0 saturated carbocycles. The van der Waals surface area contributed by atoms with Gasteiger partial charge in [0.25, 0.3) is 0 Å². The number of sulfonamides is 1. The molecule has 1 aliphatic heterocycles. The van der Waals surface area contributed by atoms with Gasteiger partial charge in [0.2, 0.25) is 10.0 Å². The molecule has 2 N–H and O–H groups in total. The molecule has 1 aliphatic rings. The largest absolute Gasteiger partial charge is 0.392 e. The van der Waals surface area contributed by atoms with Gasteiger partial charge in [0, 0.05) is 13.2 Å². The van der Waals surface area contributed by atoms with Crippen molar-refractivity contribution < 1.29 is 18.3 Å². The van der Waals surface area contributed by atoms with E-state index in [1.165, 1.54) is 6.07 Å². The van der Waals surface area contributed by atoms with Crippen LogP contribution in [0.2, 0.25) is 0 Å². The van der Waals surface area contributed by atoms with Crippen molar-refractivity contribution >= 4 is 10.0 Å². The number of nitrogens with one attached hydrogen (secondary N) is 1. The minimum Gasteiger partial charge on any atom is -0.392 e. The molecule has 2 rings (SSSR count). The summed E-state index contributed by atoms with van der Waals surface area (Å²) in [6.45, 7) is 3.45. The lowest BCUT2D eigenvalue weighted by molar-refractivity contribution is 0.0568. The summed E-state index contributed by atoms with van der Waals surface area (Å²) in [5.41, 5.74) is 1.51. The van der Waals surface area contributed by atoms with Gasteiger partial charge in [-0.25, -0.2) is 13.1 Å². The monoisotopic (exact) mass is 299 g/mol. The number of benzene rings is 1. The summed E-state index contributed by atoms with van der Waals surface area (Å²) >= 11 is 0. The molecule has 1 heterocycles. The molecule has 112 valence electrons. The van der Waals surface area contributed by atoms with Gasteiger partial charge in [-0.05, 0) is 48.9 Å². The van der Waals surface area contributed by atoms with Crippen LogP contribution in [0.25, 0.3) is 0 Å². The van der Waals surface area contributed by atoms with Crippen LogP contribution in [0, 0.1) is 12.8 Å². The maximum atomic E-state index is 12.2. The third kappa shape index (κ3) is 3.79. The molecule has 1 atom stereocenters. The van der Waals surface area contributed by atoms with Crippen molar-refractivity contribution in [2.24, 2.45) is 5.92 Å². The third-order valence-electron chi connectivity index (χ3n) is 3.62. The second-order valence-corrected chi connectivity index (χ2v) is 6.95. The molecular formula is C14H21NO4S. The van der Waals surface area contributed by atoms with Gasteiger partial charge < -0.3 is 9.84 Å². The van der Waals surface area contributed by atoms with Crippen molar-refractivity contribution in [3.05, 3.63) is 29.3 Å². The summed E-state index contributed by atoms with van der Waals surface area (Å²) in [4.78, 5) is 0.198. The lowest BCUT2D eigenvalue weighted by Crippen LogP contribution is -2.33. The van der Waals surface area contributed by atoms with Gasteiger partial charge in [-0.1, -0.05) is 6.07 Å². The van der Waals surface area contributed by atoms with Gasteiger partial charge in [0.05, 0.1) is 18.1 Å². The van der Waals surface area contributed by atoms with Crippen LogP contribution in [0.4, 0.5) is 0 Å². The Labute approximate surface area is 120 Å². The molecule has 6 heteroatoms. The van der Waals surface area contributed by atoms with Crippen LogP contribution in [0.1, 0.15) is 24.0 Å². The number of aliphatic hydroxyl groups excluding tert-OH is 1. The highest BCUT2D eigenvalue weighted by molar-refractivity contribution is 7.89. The summed E-state index contributed by atoms with van der Waals surface area (Å²) in [6.07, 6.45) is 1.96. The SMILES string of the molecule is Cc1ccc(S(=O)(=O)NCC2CCCOC2)cc1CO. The Bertz CT molecular complexity index is 550. The fourth-order valence-corrected chi connectivity index (χ4v) is 3.43. The number of ether oxygens (including phenoxy) is 1. The molecule has 1 aromatic carbocycles. The maximum absolute atomic E-state index is 12.2. The maximum Gasteiger partial charge on any atom is 0.240 e. The summed E-state index contributed by atoms with van der Waals surface area (Å²) in [6, 6.07) is 4.80. The van der Waals surface area contributed by atoms with Crippen molar-refractivity contribution in [1.29, 1.82) is 0 Å². The first-order valence-corrected chi connectivity index (χ1v) is 8.29. The Morgan fingerprint density at radius 3 is 2.90 bits per heavy atom. The smallest absolute Gasteiger partial charge is 0.240 e. The molecule has 0 spiro atoms. The van der Waals surface area contributed by atoms with Crippen LogP contribution in [-0.4, -0.2) is 33.3 Å².